The molecule has 1 saturated heterocycles. The smallest absolute Gasteiger partial charge is 0.162 e. The standard InChI is InChI=1S/C15H21NO4/c1-15(2)18-8-11(9-19-15)16-7-12-10-17-13-5-3-4-6-14(13)20-12/h3-6,11-12,16H,7-10H2,1-2H3. The average molecular weight is 279 g/mol. The van der Waals surface area contributed by atoms with Crippen LogP contribution < -0.4 is 14.8 Å². The zero-order valence-corrected chi connectivity index (χ0v) is 11.9. The van der Waals surface area contributed by atoms with Crippen LogP contribution in [0, 0.1) is 0 Å². The Labute approximate surface area is 119 Å². The molecule has 2 heterocycles. The van der Waals surface area contributed by atoms with E-state index in [-0.39, 0.29) is 12.1 Å². The van der Waals surface area contributed by atoms with Gasteiger partial charge in [-0.15, -0.1) is 0 Å². The summed E-state index contributed by atoms with van der Waals surface area (Å²) < 4.78 is 22.8. The molecule has 20 heavy (non-hydrogen) atoms. The van der Waals surface area contributed by atoms with Crippen molar-refractivity contribution in [1.82, 2.24) is 5.32 Å². The van der Waals surface area contributed by atoms with Crippen LogP contribution in [0.5, 0.6) is 11.5 Å². The maximum Gasteiger partial charge on any atom is 0.162 e. The lowest BCUT2D eigenvalue weighted by Gasteiger charge is -2.36. The maximum atomic E-state index is 5.89. The molecule has 1 atom stereocenters. The first-order chi connectivity index (χ1) is 9.62. The quantitative estimate of drug-likeness (QED) is 0.910. The molecule has 0 aliphatic carbocycles. The molecule has 0 spiro atoms. The molecule has 0 saturated carbocycles. The van der Waals surface area contributed by atoms with E-state index in [0.29, 0.717) is 26.4 Å². The summed E-state index contributed by atoms with van der Waals surface area (Å²) in [6, 6.07) is 7.94. The van der Waals surface area contributed by atoms with Gasteiger partial charge >= 0.3 is 0 Å². The molecule has 1 unspecified atom stereocenters. The third-order valence-corrected chi connectivity index (χ3v) is 3.47. The van der Waals surface area contributed by atoms with Crippen molar-refractivity contribution in [2.75, 3.05) is 26.4 Å². The number of benzene rings is 1. The minimum Gasteiger partial charge on any atom is -0.486 e. The highest BCUT2D eigenvalue weighted by atomic mass is 16.7. The van der Waals surface area contributed by atoms with Crippen molar-refractivity contribution in [2.45, 2.75) is 31.8 Å². The van der Waals surface area contributed by atoms with Gasteiger partial charge in [-0.2, -0.15) is 0 Å². The third-order valence-electron chi connectivity index (χ3n) is 3.47. The Balaban J connectivity index is 1.46. The number of ether oxygens (including phenoxy) is 4. The zero-order valence-electron chi connectivity index (χ0n) is 11.9. The Morgan fingerprint density at radius 2 is 1.80 bits per heavy atom. The molecule has 0 radical (unpaired) electrons. The highest BCUT2D eigenvalue weighted by molar-refractivity contribution is 5.40. The van der Waals surface area contributed by atoms with Crippen LogP contribution >= 0.6 is 0 Å². The van der Waals surface area contributed by atoms with Crippen molar-refractivity contribution in [1.29, 1.82) is 0 Å². The molecule has 3 rings (SSSR count). The van der Waals surface area contributed by atoms with Crippen molar-refractivity contribution in [2.24, 2.45) is 0 Å². The lowest BCUT2D eigenvalue weighted by Crippen LogP contribution is -2.51. The molecule has 1 aromatic rings. The monoisotopic (exact) mass is 279 g/mol. The van der Waals surface area contributed by atoms with Crippen LogP contribution in [0.25, 0.3) is 0 Å². The highest BCUT2D eigenvalue weighted by Crippen LogP contribution is 2.30. The molecule has 5 nitrogen and oxygen atoms in total. The molecule has 2 aliphatic heterocycles. The third kappa shape index (κ3) is 3.23. The average Bonchev–Trinajstić information content (AvgIpc) is 2.46. The Morgan fingerprint density at radius 3 is 2.55 bits per heavy atom. The van der Waals surface area contributed by atoms with E-state index < -0.39 is 5.79 Å². The first kappa shape index (κ1) is 13.7. The number of hydrogen-bond donors (Lipinski definition) is 1. The molecule has 0 amide bonds. The van der Waals surface area contributed by atoms with E-state index in [2.05, 4.69) is 5.32 Å². The molecular formula is C15H21NO4. The van der Waals surface area contributed by atoms with Crippen molar-refractivity contribution < 1.29 is 18.9 Å². The second kappa shape index (κ2) is 5.60. The van der Waals surface area contributed by atoms with Gasteiger partial charge in [0.05, 0.1) is 19.3 Å². The van der Waals surface area contributed by atoms with Gasteiger partial charge in [-0.3, -0.25) is 0 Å². The summed E-state index contributed by atoms with van der Waals surface area (Å²) >= 11 is 0. The summed E-state index contributed by atoms with van der Waals surface area (Å²) in [5.74, 6) is 1.15. The molecule has 1 N–H and O–H groups in total. The van der Waals surface area contributed by atoms with E-state index in [1.807, 2.05) is 38.1 Å². The fourth-order valence-electron chi connectivity index (χ4n) is 2.27. The van der Waals surface area contributed by atoms with Gasteiger partial charge < -0.3 is 24.3 Å². The van der Waals surface area contributed by atoms with E-state index in [9.17, 15) is 0 Å². The molecule has 1 fully saturated rings. The Kier molecular flexibility index (Phi) is 3.83. The summed E-state index contributed by atoms with van der Waals surface area (Å²) in [4.78, 5) is 0. The molecule has 0 bridgehead atoms. The molecule has 2 aliphatic rings. The SMILES string of the molecule is CC1(C)OCC(NCC2COc3ccccc3O2)CO1. The van der Waals surface area contributed by atoms with E-state index in [1.165, 1.54) is 0 Å². The molecular weight excluding hydrogens is 258 g/mol. The van der Waals surface area contributed by atoms with Gasteiger partial charge in [-0.05, 0) is 26.0 Å². The van der Waals surface area contributed by atoms with Gasteiger partial charge in [0.25, 0.3) is 0 Å². The van der Waals surface area contributed by atoms with Crippen LogP contribution in [0.1, 0.15) is 13.8 Å². The predicted octanol–water partition coefficient (Wildman–Crippen LogP) is 1.57. The lowest BCUT2D eigenvalue weighted by molar-refractivity contribution is -0.253. The van der Waals surface area contributed by atoms with Crippen molar-refractivity contribution in [3.8, 4) is 11.5 Å². The van der Waals surface area contributed by atoms with E-state index in [1.54, 1.807) is 0 Å². The normalized spacial score (nSPS) is 25.4. The minimum atomic E-state index is -0.471. The summed E-state index contributed by atoms with van der Waals surface area (Å²) in [6.07, 6.45) is 0.0137. The first-order valence-corrected chi connectivity index (χ1v) is 7.02. The van der Waals surface area contributed by atoms with Gasteiger partial charge in [-0.25, -0.2) is 0 Å². The van der Waals surface area contributed by atoms with Crippen LogP contribution in [0.3, 0.4) is 0 Å². The maximum absolute atomic E-state index is 5.89. The van der Waals surface area contributed by atoms with Crippen LogP contribution in [-0.4, -0.2) is 44.3 Å². The van der Waals surface area contributed by atoms with Gasteiger partial charge in [-0.1, -0.05) is 12.1 Å². The van der Waals surface area contributed by atoms with Crippen LogP contribution in [0.2, 0.25) is 0 Å². The van der Waals surface area contributed by atoms with Gasteiger partial charge in [0.15, 0.2) is 17.3 Å². The fourth-order valence-corrected chi connectivity index (χ4v) is 2.27. The lowest BCUT2D eigenvalue weighted by atomic mass is 10.2. The van der Waals surface area contributed by atoms with Crippen molar-refractivity contribution in [3.05, 3.63) is 24.3 Å². The Bertz CT molecular complexity index is 453. The summed E-state index contributed by atoms with van der Waals surface area (Å²) in [5, 5.41) is 3.40. The Hall–Kier alpha value is -1.30. The summed E-state index contributed by atoms with van der Waals surface area (Å²) in [7, 11) is 0. The van der Waals surface area contributed by atoms with Crippen LogP contribution in [0.4, 0.5) is 0 Å². The number of nitrogens with one attached hydrogen (secondary N) is 1. The van der Waals surface area contributed by atoms with E-state index in [0.717, 1.165) is 11.5 Å². The second-order valence-electron chi connectivity index (χ2n) is 5.62. The van der Waals surface area contributed by atoms with Gasteiger partial charge in [0.2, 0.25) is 0 Å². The number of hydrogen-bond acceptors (Lipinski definition) is 5. The number of para-hydroxylation sites is 2. The molecule has 5 heteroatoms. The number of fused-ring (bicyclic) bond motifs is 1. The van der Waals surface area contributed by atoms with Crippen LogP contribution in [-0.2, 0) is 9.47 Å². The highest BCUT2D eigenvalue weighted by Gasteiger charge is 2.29. The predicted molar refractivity (Wildman–Crippen MR) is 74.1 cm³/mol. The largest absolute Gasteiger partial charge is 0.486 e. The van der Waals surface area contributed by atoms with E-state index in [4.69, 9.17) is 18.9 Å². The summed E-state index contributed by atoms with van der Waals surface area (Å²) in [6.45, 7) is 6.43. The topological polar surface area (TPSA) is 49.0 Å². The first-order valence-electron chi connectivity index (χ1n) is 7.02. The van der Waals surface area contributed by atoms with Crippen molar-refractivity contribution in [3.63, 3.8) is 0 Å². The van der Waals surface area contributed by atoms with Gasteiger partial charge in [0.1, 0.15) is 12.7 Å². The molecule has 1 aromatic carbocycles. The molecule has 110 valence electrons. The summed E-state index contributed by atoms with van der Waals surface area (Å²) in [5.41, 5.74) is 0. The fraction of sp³-hybridized carbons (Fsp3) is 0.600. The van der Waals surface area contributed by atoms with Crippen LogP contribution in [0.15, 0.2) is 24.3 Å². The minimum absolute atomic E-state index is 0.0137. The van der Waals surface area contributed by atoms with Crippen molar-refractivity contribution >= 4 is 0 Å². The second-order valence-corrected chi connectivity index (χ2v) is 5.62. The zero-order chi connectivity index (χ0) is 14.0. The number of rotatable bonds is 3. The van der Waals surface area contributed by atoms with E-state index >= 15 is 0 Å². The Morgan fingerprint density at radius 1 is 1.10 bits per heavy atom. The van der Waals surface area contributed by atoms with Gasteiger partial charge in [0, 0.05) is 6.54 Å². The molecule has 0 aromatic heterocycles.